The number of rotatable bonds is 7. The monoisotopic (exact) mass is 208 g/mol. The fraction of sp³-hybridized carbons (Fsp3) is 0.571. The second kappa shape index (κ2) is 7.47. The fourth-order valence-corrected chi connectivity index (χ4v) is 1.45. The summed E-state index contributed by atoms with van der Waals surface area (Å²) in [5.74, 6) is 0.371. The summed E-state index contributed by atoms with van der Waals surface area (Å²) in [5.41, 5.74) is 2.27. The third-order valence-electron chi connectivity index (χ3n) is 2.60. The van der Waals surface area contributed by atoms with Crippen LogP contribution in [0.1, 0.15) is 40.0 Å². The van der Waals surface area contributed by atoms with Gasteiger partial charge in [-0.15, -0.1) is 6.58 Å². The molecule has 0 fully saturated rings. The van der Waals surface area contributed by atoms with Crippen molar-refractivity contribution < 1.29 is 5.11 Å². The first kappa shape index (κ1) is 14.2. The van der Waals surface area contributed by atoms with Gasteiger partial charge in [-0.1, -0.05) is 31.2 Å². The Kier molecular flexibility index (Phi) is 7.06. The predicted octanol–water partition coefficient (Wildman–Crippen LogP) is 3.86. The van der Waals surface area contributed by atoms with Crippen LogP contribution in [0, 0.1) is 5.92 Å². The van der Waals surface area contributed by atoms with Gasteiger partial charge in [0.15, 0.2) is 0 Å². The molecule has 0 aliphatic carbocycles. The van der Waals surface area contributed by atoms with Gasteiger partial charge in [0, 0.05) is 0 Å². The van der Waals surface area contributed by atoms with Crippen LogP contribution in [0.2, 0.25) is 0 Å². The van der Waals surface area contributed by atoms with Crippen molar-refractivity contribution in [1.82, 2.24) is 0 Å². The van der Waals surface area contributed by atoms with Crippen molar-refractivity contribution in [1.29, 1.82) is 0 Å². The summed E-state index contributed by atoms with van der Waals surface area (Å²) in [6.07, 6.45) is 6.25. The molecule has 0 aliphatic rings. The number of aliphatic hydroxyl groups excluding tert-OH is 1. The number of aliphatic hydroxyl groups is 1. The Morgan fingerprint density at radius 2 is 2.00 bits per heavy atom. The third-order valence-corrected chi connectivity index (χ3v) is 2.60. The van der Waals surface area contributed by atoms with Gasteiger partial charge in [0.1, 0.15) is 0 Å². The van der Waals surface area contributed by atoms with Crippen LogP contribution in [0.4, 0.5) is 0 Å². The van der Waals surface area contributed by atoms with Crippen molar-refractivity contribution in [2.45, 2.75) is 46.1 Å². The van der Waals surface area contributed by atoms with Crippen LogP contribution in [0.3, 0.4) is 0 Å². The van der Waals surface area contributed by atoms with Gasteiger partial charge >= 0.3 is 0 Å². The molecular formula is C14H24O. The Balaban J connectivity index is 3.98. The van der Waals surface area contributed by atoms with Crippen molar-refractivity contribution in [3.63, 3.8) is 0 Å². The summed E-state index contributed by atoms with van der Waals surface area (Å²) < 4.78 is 0. The van der Waals surface area contributed by atoms with E-state index in [1.807, 2.05) is 0 Å². The van der Waals surface area contributed by atoms with Gasteiger partial charge in [-0.05, 0) is 44.6 Å². The lowest BCUT2D eigenvalue weighted by molar-refractivity contribution is 0.201. The average molecular weight is 208 g/mol. The van der Waals surface area contributed by atoms with Gasteiger partial charge in [0.05, 0.1) is 6.10 Å². The number of allylic oxidation sites excluding steroid dienone is 2. The number of hydrogen-bond acceptors (Lipinski definition) is 1. The minimum absolute atomic E-state index is 0.371. The van der Waals surface area contributed by atoms with Crippen LogP contribution in [-0.2, 0) is 0 Å². The lowest BCUT2D eigenvalue weighted by atomic mass is 9.91. The summed E-state index contributed by atoms with van der Waals surface area (Å²) in [4.78, 5) is 0. The van der Waals surface area contributed by atoms with Gasteiger partial charge in [0.2, 0.25) is 0 Å². The van der Waals surface area contributed by atoms with E-state index in [0.717, 1.165) is 18.4 Å². The Labute approximate surface area is 94.2 Å². The molecule has 0 amide bonds. The molecule has 0 radical (unpaired) electrons. The highest BCUT2D eigenvalue weighted by Crippen LogP contribution is 2.20. The molecule has 1 nitrogen and oxygen atoms in total. The average Bonchev–Trinajstić information content (AvgIpc) is 2.16. The molecule has 86 valence electrons. The van der Waals surface area contributed by atoms with Crippen molar-refractivity contribution in [2.24, 2.45) is 5.92 Å². The van der Waals surface area contributed by atoms with Crippen LogP contribution in [-0.4, -0.2) is 11.2 Å². The molecule has 0 aromatic rings. The van der Waals surface area contributed by atoms with Gasteiger partial charge in [-0.2, -0.15) is 0 Å². The zero-order valence-corrected chi connectivity index (χ0v) is 10.3. The quantitative estimate of drug-likeness (QED) is 0.630. The van der Waals surface area contributed by atoms with Crippen molar-refractivity contribution in [3.8, 4) is 0 Å². The van der Waals surface area contributed by atoms with Crippen LogP contribution >= 0.6 is 0 Å². The summed E-state index contributed by atoms with van der Waals surface area (Å²) in [7, 11) is 0. The van der Waals surface area contributed by atoms with Gasteiger partial charge in [-0.3, -0.25) is 0 Å². The van der Waals surface area contributed by atoms with Crippen LogP contribution in [0.15, 0.2) is 36.5 Å². The van der Waals surface area contributed by atoms with E-state index in [1.165, 1.54) is 5.57 Å². The maximum absolute atomic E-state index is 9.71. The van der Waals surface area contributed by atoms with Gasteiger partial charge in [0.25, 0.3) is 0 Å². The normalized spacial score (nSPS) is 14.1. The van der Waals surface area contributed by atoms with E-state index >= 15 is 0 Å². The molecule has 1 N–H and O–H groups in total. The van der Waals surface area contributed by atoms with Crippen molar-refractivity contribution in [3.05, 3.63) is 36.5 Å². The van der Waals surface area contributed by atoms with E-state index in [-0.39, 0.29) is 0 Å². The number of hydrogen-bond donors (Lipinski definition) is 1. The molecule has 0 saturated heterocycles. The van der Waals surface area contributed by atoms with E-state index in [0.29, 0.717) is 12.3 Å². The zero-order chi connectivity index (χ0) is 11.8. The second-order valence-electron chi connectivity index (χ2n) is 4.37. The first-order chi connectivity index (χ1) is 6.99. The van der Waals surface area contributed by atoms with Crippen LogP contribution in [0.5, 0.6) is 0 Å². The summed E-state index contributed by atoms with van der Waals surface area (Å²) in [5, 5.41) is 9.71. The molecule has 0 heterocycles. The van der Waals surface area contributed by atoms with Crippen molar-refractivity contribution >= 4 is 0 Å². The summed E-state index contributed by atoms with van der Waals surface area (Å²) in [6, 6.07) is 0. The summed E-state index contributed by atoms with van der Waals surface area (Å²) >= 11 is 0. The first-order valence-corrected chi connectivity index (χ1v) is 5.60. The second-order valence-corrected chi connectivity index (χ2v) is 4.37. The minimum Gasteiger partial charge on any atom is -0.388 e. The molecule has 0 unspecified atom stereocenters. The molecule has 0 rings (SSSR count). The molecule has 0 saturated carbocycles. The fourth-order valence-electron chi connectivity index (χ4n) is 1.45. The standard InChI is InChI=1S/C14H24O/c1-6-8-14(15)13(5)12(4)10-7-9-11(2)3/h6,9,12,14-15H,1,5,7-8,10H2,2-4H3/t12-,14+/m1/s1. The highest BCUT2D eigenvalue weighted by atomic mass is 16.3. The smallest absolute Gasteiger partial charge is 0.0784 e. The van der Waals surface area contributed by atoms with Gasteiger partial charge in [-0.25, -0.2) is 0 Å². The SMILES string of the molecule is C=CC[C@H](O)C(=C)[C@H](C)CCC=C(C)C. The van der Waals surface area contributed by atoms with Crippen molar-refractivity contribution in [2.75, 3.05) is 0 Å². The molecule has 0 aliphatic heterocycles. The van der Waals surface area contributed by atoms with E-state index in [2.05, 4.69) is 40.0 Å². The Bertz CT molecular complexity index is 234. The first-order valence-electron chi connectivity index (χ1n) is 5.60. The van der Waals surface area contributed by atoms with Crippen LogP contribution in [0.25, 0.3) is 0 Å². The zero-order valence-electron chi connectivity index (χ0n) is 10.3. The topological polar surface area (TPSA) is 20.2 Å². The van der Waals surface area contributed by atoms with E-state index in [9.17, 15) is 5.11 Å². The molecule has 15 heavy (non-hydrogen) atoms. The molecule has 0 bridgehead atoms. The molecule has 0 aromatic heterocycles. The highest BCUT2D eigenvalue weighted by molar-refractivity contribution is 5.08. The molecular weight excluding hydrogens is 184 g/mol. The van der Waals surface area contributed by atoms with E-state index in [1.54, 1.807) is 6.08 Å². The highest BCUT2D eigenvalue weighted by Gasteiger charge is 2.13. The molecule has 0 aromatic carbocycles. The van der Waals surface area contributed by atoms with Gasteiger partial charge < -0.3 is 5.11 Å². The third kappa shape index (κ3) is 6.29. The predicted molar refractivity (Wildman–Crippen MR) is 67.8 cm³/mol. The lowest BCUT2D eigenvalue weighted by Crippen LogP contribution is -2.14. The minimum atomic E-state index is -0.427. The Morgan fingerprint density at radius 1 is 1.40 bits per heavy atom. The Hall–Kier alpha value is -0.820. The molecule has 1 heteroatoms. The van der Waals surface area contributed by atoms with E-state index < -0.39 is 6.10 Å². The maximum atomic E-state index is 9.71. The van der Waals surface area contributed by atoms with E-state index in [4.69, 9.17) is 0 Å². The molecule has 2 atom stereocenters. The van der Waals surface area contributed by atoms with Crippen LogP contribution < -0.4 is 0 Å². The molecule has 0 spiro atoms. The lowest BCUT2D eigenvalue weighted by Gasteiger charge is -2.18. The Morgan fingerprint density at radius 3 is 2.47 bits per heavy atom. The largest absolute Gasteiger partial charge is 0.388 e. The summed E-state index contributed by atoms with van der Waals surface area (Å²) in [6.45, 7) is 13.9. The maximum Gasteiger partial charge on any atom is 0.0784 e.